The Kier molecular flexibility index (Phi) is 9.28. The van der Waals surface area contributed by atoms with E-state index in [9.17, 15) is 0 Å². The van der Waals surface area contributed by atoms with Crippen molar-refractivity contribution in [1.82, 2.24) is 0 Å². The molecule has 0 aromatic heterocycles. The van der Waals surface area contributed by atoms with Crippen LogP contribution in [0.2, 0.25) is 10.0 Å². The molecule has 0 saturated carbocycles. The molecule has 4 aromatic carbocycles. The van der Waals surface area contributed by atoms with Gasteiger partial charge in [-0.1, -0.05) is 83.9 Å². The summed E-state index contributed by atoms with van der Waals surface area (Å²) in [5.41, 5.74) is 3.96. The fourth-order valence-electron chi connectivity index (χ4n) is 3.09. The Morgan fingerprint density at radius 1 is 0.500 bits per heavy atom. The van der Waals surface area contributed by atoms with E-state index in [1.54, 1.807) is 23.5 Å². The molecule has 0 bridgehead atoms. The first-order valence-electron chi connectivity index (χ1n) is 10.7. The predicted molar refractivity (Wildman–Crippen MR) is 150 cm³/mol. The zero-order valence-electron chi connectivity index (χ0n) is 18.3. The summed E-state index contributed by atoms with van der Waals surface area (Å²) in [6, 6.07) is 36.1. The normalized spacial score (nSPS) is 12.1. The SMILES string of the molecule is Clc1ccc(SCC(=NN=C(CSc2ccc(Cl)cc2)c2ccccc2)c2ccccc2)cc1. The Hall–Kier alpha value is -2.50. The maximum absolute atomic E-state index is 6.04. The third-order valence-corrected chi connectivity index (χ3v) is 7.43. The smallest absolute Gasteiger partial charge is 0.0805 e. The van der Waals surface area contributed by atoms with Gasteiger partial charge in [-0.25, -0.2) is 0 Å². The van der Waals surface area contributed by atoms with Crippen LogP contribution in [-0.4, -0.2) is 22.9 Å². The van der Waals surface area contributed by atoms with Crippen molar-refractivity contribution in [2.45, 2.75) is 9.79 Å². The fraction of sp³-hybridized carbons (Fsp3) is 0.0714. The standard InChI is InChI=1S/C28H22Cl2N2S2/c29-23-11-15-25(16-12-23)33-19-27(21-7-3-1-4-8-21)31-32-28(22-9-5-2-6-10-22)20-34-26-17-13-24(30)14-18-26/h1-18H,19-20H2. The number of hydrogen-bond donors (Lipinski definition) is 0. The third kappa shape index (κ3) is 7.51. The summed E-state index contributed by atoms with van der Waals surface area (Å²) in [6.45, 7) is 0. The first-order valence-corrected chi connectivity index (χ1v) is 13.4. The molecular formula is C28H22Cl2N2S2. The van der Waals surface area contributed by atoms with E-state index in [-0.39, 0.29) is 0 Å². The molecule has 170 valence electrons. The molecule has 0 unspecified atom stereocenters. The van der Waals surface area contributed by atoms with Crippen molar-refractivity contribution in [1.29, 1.82) is 0 Å². The van der Waals surface area contributed by atoms with E-state index in [0.29, 0.717) is 11.5 Å². The van der Waals surface area contributed by atoms with Crippen LogP contribution in [0.1, 0.15) is 11.1 Å². The molecule has 6 heteroatoms. The van der Waals surface area contributed by atoms with E-state index in [1.165, 1.54) is 0 Å². The molecule has 0 spiro atoms. The van der Waals surface area contributed by atoms with Crippen LogP contribution in [-0.2, 0) is 0 Å². The van der Waals surface area contributed by atoms with Crippen LogP contribution in [0.5, 0.6) is 0 Å². The van der Waals surface area contributed by atoms with Crippen molar-refractivity contribution in [3.63, 3.8) is 0 Å². The number of halogens is 2. The molecule has 34 heavy (non-hydrogen) atoms. The van der Waals surface area contributed by atoms with Crippen LogP contribution in [0.3, 0.4) is 0 Å². The first-order chi connectivity index (χ1) is 16.7. The summed E-state index contributed by atoms with van der Waals surface area (Å²) >= 11 is 15.5. The Balaban J connectivity index is 1.60. The van der Waals surface area contributed by atoms with Crippen molar-refractivity contribution in [2.75, 3.05) is 11.5 Å². The van der Waals surface area contributed by atoms with Crippen LogP contribution >= 0.6 is 46.7 Å². The summed E-state index contributed by atoms with van der Waals surface area (Å²) < 4.78 is 0. The van der Waals surface area contributed by atoms with E-state index < -0.39 is 0 Å². The molecule has 0 heterocycles. The maximum Gasteiger partial charge on any atom is 0.0805 e. The lowest BCUT2D eigenvalue weighted by Crippen LogP contribution is -2.07. The lowest BCUT2D eigenvalue weighted by Gasteiger charge is -2.08. The van der Waals surface area contributed by atoms with E-state index in [0.717, 1.165) is 42.4 Å². The minimum atomic E-state index is 0.696. The average Bonchev–Trinajstić information content (AvgIpc) is 2.89. The molecule has 4 rings (SSSR count). The quantitative estimate of drug-likeness (QED) is 0.125. The van der Waals surface area contributed by atoms with Crippen molar-refractivity contribution in [2.24, 2.45) is 10.2 Å². The highest BCUT2D eigenvalue weighted by molar-refractivity contribution is 8.00. The van der Waals surface area contributed by atoms with Gasteiger partial charge in [-0.05, 0) is 59.7 Å². The van der Waals surface area contributed by atoms with E-state index >= 15 is 0 Å². The molecule has 0 aliphatic rings. The number of rotatable bonds is 9. The molecule has 0 atom stereocenters. The van der Waals surface area contributed by atoms with Crippen molar-refractivity contribution in [3.8, 4) is 0 Å². The Morgan fingerprint density at radius 2 is 0.853 bits per heavy atom. The van der Waals surface area contributed by atoms with Gasteiger partial charge in [0, 0.05) is 31.3 Å². The lowest BCUT2D eigenvalue weighted by atomic mass is 10.1. The third-order valence-electron chi connectivity index (χ3n) is 4.88. The molecular weight excluding hydrogens is 499 g/mol. The van der Waals surface area contributed by atoms with E-state index in [2.05, 4.69) is 24.3 Å². The number of hydrogen-bond acceptors (Lipinski definition) is 4. The lowest BCUT2D eigenvalue weighted by molar-refractivity contribution is 1.22. The summed E-state index contributed by atoms with van der Waals surface area (Å²) in [6.07, 6.45) is 0. The van der Waals surface area contributed by atoms with Crippen LogP contribution in [0, 0.1) is 0 Å². The van der Waals surface area contributed by atoms with Gasteiger partial charge in [0.2, 0.25) is 0 Å². The largest absolute Gasteiger partial charge is 0.154 e. The minimum absolute atomic E-state index is 0.696. The van der Waals surface area contributed by atoms with Crippen molar-refractivity contribution >= 4 is 58.1 Å². The predicted octanol–water partition coefficient (Wildman–Crippen LogP) is 8.77. The van der Waals surface area contributed by atoms with Gasteiger partial charge in [0.1, 0.15) is 0 Å². The monoisotopic (exact) mass is 520 g/mol. The summed E-state index contributed by atoms with van der Waals surface area (Å²) in [4.78, 5) is 2.28. The number of benzene rings is 4. The molecule has 2 nitrogen and oxygen atoms in total. The zero-order valence-corrected chi connectivity index (χ0v) is 21.4. The van der Waals surface area contributed by atoms with Crippen molar-refractivity contribution in [3.05, 3.63) is 130 Å². The Labute approximate surface area is 219 Å². The van der Waals surface area contributed by atoms with E-state index in [4.69, 9.17) is 33.4 Å². The van der Waals surface area contributed by atoms with Crippen molar-refractivity contribution < 1.29 is 0 Å². The van der Waals surface area contributed by atoms with Gasteiger partial charge in [0.15, 0.2) is 0 Å². The molecule has 0 aliphatic carbocycles. The highest BCUT2D eigenvalue weighted by atomic mass is 35.5. The van der Waals surface area contributed by atoms with Crippen LogP contribution < -0.4 is 0 Å². The second kappa shape index (κ2) is 12.8. The molecule has 0 amide bonds. The van der Waals surface area contributed by atoms with E-state index in [1.807, 2.05) is 84.9 Å². The molecule has 0 N–H and O–H groups in total. The highest BCUT2D eigenvalue weighted by Crippen LogP contribution is 2.23. The summed E-state index contributed by atoms with van der Waals surface area (Å²) in [5.74, 6) is 1.39. The molecule has 0 aliphatic heterocycles. The van der Waals surface area contributed by atoms with Gasteiger partial charge in [0.25, 0.3) is 0 Å². The summed E-state index contributed by atoms with van der Waals surface area (Å²) in [5, 5.41) is 11.0. The van der Waals surface area contributed by atoms with Crippen LogP contribution in [0.4, 0.5) is 0 Å². The molecule has 4 aromatic rings. The number of thioether (sulfide) groups is 2. The highest BCUT2D eigenvalue weighted by Gasteiger charge is 2.08. The minimum Gasteiger partial charge on any atom is -0.154 e. The number of nitrogens with zero attached hydrogens (tertiary/aromatic N) is 2. The summed E-state index contributed by atoms with van der Waals surface area (Å²) in [7, 11) is 0. The molecule has 0 saturated heterocycles. The maximum atomic E-state index is 6.04. The molecule has 0 fully saturated rings. The van der Waals surface area contributed by atoms with Crippen LogP contribution in [0.25, 0.3) is 0 Å². The van der Waals surface area contributed by atoms with Gasteiger partial charge in [-0.2, -0.15) is 10.2 Å². The molecule has 0 radical (unpaired) electrons. The first kappa shape index (κ1) is 24.6. The van der Waals surface area contributed by atoms with Gasteiger partial charge in [-0.15, -0.1) is 23.5 Å². The van der Waals surface area contributed by atoms with Gasteiger partial charge in [-0.3, -0.25) is 0 Å². The second-order valence-corrected chi connectivity index (χ2v) is 10.3. The average molecular weight is 522 g/mol. The van der Waals surface area contributed by atoms with Crippen LogP contribution in [0.15, 0.2) is 129 Å². The topological polar surface area (TPSA) is 24.7 Å². The fourth-order valence-corrected chi connectivity index (χ4v) is 5.05. The Bertz CT molecular complexity index is 1140. The van der Waals surface area contributed by atoms with Gasteiger partial charge < -0.3 is 0 Å². The van der Waals surface area contributed by atoms with Gasteiger partial charge in [0.05, 0.1) is 11.4 Å². The Morgan fingerprint density at radius 3 is 1.21 bits per heavy atom. The second-order valence-electron chi connectivity index (χ2n) is 7.31. The zero-order chi connectivity index (χ0) is 23.6. The van der Waals surface area contributed by atoms with Gasteiger partial charge >= 0.3 is 0 Å².